The normalized spacial score (nSPS) is 20.2. The minimum atomic E-state index is -1.34. The zero-order valence-corrected chi connectivity index (χ0v) is 23.9. The fraction of sp³-hybridized carbons (Fsp3) is 0.379. The van der Waals surface area contributed by atoms with Crippen molar-refractivity contribution in [2.45, 2.75) is 38.0 Å². The van der Waals surface area contributed by atoms with E-state index in [0.717, 1.165) is 0 Å². The number of hydrogen-bond donors (Lipinski definition) is 5. The molecule has 3 heterocycles. The Hall–Kier alpha value is -4.82. The standard InChI is InChI=1S/C29H35N7O7/c1-18-27-34-26(20-6-4-3-5-7-20)35-36(27)15-24(38)30-12-13-43-21-10-8-19(9-11-21)14-22(32-25(39)17-42-2)28(40)33-23(16-37)29(41)31-18/h3-11,18,22-23,37H,12-17H2,1-2H3,(H,30,38)(H,31,41)(H,32,39)(H,33,40)/t18-,22-,23-/m0/s1. The second-order valence-electron chi connectivity index (χ2n) is 9.89. The fourth-order valence-corrected chi connectivity index (χ4v) is 4.43. The maximum atomic E-state index is 13.3. The van der Waals surface area contributed by atoms with Gasteiger partial charge in [0.25, 0.3) is 0 Å². The summed E-state index contributed by atoms with van der Waals surface area (Å²) in [5, 5.41) is 25.2. The van der Waals surface area contributed by atoms with Gasteiger partial charge >= 0.3 is 0 Å². The molecule has 0 spiro atoms. The molecule has 14 nitrogen and oxygen atoms in total. The molecule has 3 atom stereocenters. The van der Waals surface area contributed by atoms with Crippen molar-refractivity contribution < 1.29 is 33.8 Å². The number of rotatable bonds is 5. The van der Waals surface area contributed by atoms with E-state index in [-0.39, 0.29) is 38.6 Å². The van der Waals surface area contributed by atoms with E-state index in [1.807, 2.05) is 30.3 Å². The molecule has 3 aromatic rings. The summed E-state index contributed by atoms with van der Waals surface area (Å²) in [5.74, 6) is -1.02. The van der Waals surface area contributed by atoms with Gasteiger partial charge in [-0.25, -0.2) is 9.67 Å². The number of aliphatic hydroxyl groups excluding tert-OH is 1. The van der Waals surface area contributed by atoms with Crippen LogP contribution in [0.3, 0.4) is 0 Å². The van der Waals surface area contributed by atoms with Gasteiger partial charge in [0.15, 0.2) is 5.82 Å². The van der Waals surface area contributed by atoms with Crippen LogP contribution in [0.5, 0.6) is 5.75 Å². The number of hydrogen-bond acceptors (Lipinski definition) is 9. The molecule has 2 aromatic carbocycles. The van der Waals surface area contributed by atoms with Crippen LogP contribution in [-0.2, 0) is 36.9 Å². The molecule has 2 aliphatic rings. The number of nitrogens with one attached hydrogen (secondary N) is 4. The zero-order valence-electron chi connectivity index (χ0n) is 23.9. The van der Waals surface area contributed by atoms with E-state index in [1.54, 1.807) is 31.2 Å². The van der Waals surface area contributed by atoms with E-state index in [0.29, 0.717) is 28.5 Å². The van der Waals surface area contributed by atoms with Crippen LogP contribution in [-0.4, -0.2) is 89.1 Å². The summed E-state index contributed by atoms with van der Waals surface area (Å²) in [5.41, 5.74) is 1.42. The minimum Gasteiger partial charge on any atom is -0.492 e. The highest BCUT2D eigenvalue weighted by atomic mass is 16.5. The van der Waals surface area contributed by atoms with Crippen LogP contribution in [0.1, 0.15) is 24.4 Å². The van der Waals surface area contributed by atoms with Crippen molar-refractivity contribution in [3.8, 4) is 17.1 Å². The topological polar surface area (TPSA) is 186 Å². The van der Waals surface area contributed by atoms with Gasteiger partial charge in [0, 0.05) is 19.1 Å². The summed E-state index contributed by atoms with van der Waals surface area (Å²) in [6.07, 6.45) is 0.0964. The molecule has 43 heavy (non-hydrogen) atoms. The van der Waals surface area contributed by atoms with Gasteiger partial charge < -0.3 is 35.8 Å². The second-order valence-corrected chi connectivity index (χ2v) is 9.89. The van der Waals surface area contributed by atoms with Crippen LogP contribution in [0.2, 0.25) is 0 Å². The lowest BCUT2D eigenvalue weighted by atomic mass is 10.0. The van der Waals surface area contributed by atoms with Crippen molar-refractivity contribution in [3.05, 3.63) is 66.0 Å². The molecule has 4 amide bonds. The Labute approximate surface area is 248 Å². The van der Waals surface area contributed by atoms with Crippen molar-refractivity contribution in [2.24, 2.45) is 0 Å². The van der Waals surface area contributed by atoms with E-state index in [2.05, 4.69) is 31.3 Å². The third-order valence-electron chi connectivity index (χ3n) is 6.57. The van der Waals surface area contributed by atoms with Crippen LogP contribution in [0.25, 0.3) is 11.4 Å². The summed E-state index contributed by atoms with van der Waals surface area (Å²) in [6, 6.07) is 12.9. The van der Waals surface area contributed by atoms with Crippen LogP contribution >= 0.6 is 0 Å². The Morgan fingerprint density at radius 1 is 1.09 bits per heavy atom. The Morgan fingerprint density at radius 2 is 1.84 bits per heavy atom. The number of amides is 4. The van der Waals surface area contributed by atoms with Crippen molar-refractivity contribution in [1.82, 2.24) is 36.0 Å². The number of carbonyl (C=O) groups is 4. The molecule has 0 radical (unpaired) electrons. The fourth-order valence-electron chi connectivity index (χ4n) is 4.43. The van der Waals surface area contributed by atoms with E-state index < -0.39 is 42.5 Å². The molecule has 0 fully saturated rings. The van der Waals surface area contributed by atoms with E-state index in [4.69, 9.17) is 9.47 Å². The number of carbonyl (C=O) groups excluding carboxylic acids is 4. The van der Waals surface area contributed by atoms with Gasteiger partial charge in [-0.3, -0.25) is 19.2 Å². The number of benzene rings is 2. The van der Waals surface area contributed by atoms with Gasteiger partial charge in [0.05, 0.1) is 19.2 Å². The second kappa shape index (κ2) is 14.9. The van der Waals surface area contributed by atoms with Crippen molar-refractivity contribution in [1.29, 1.82) is 0 Å². The molecule has 0 aliphatic carbocycles. The van der Waals surface area contributed by atoms with Crippen LogP contribution in [0.15, 0.2) is 54.6 Å². The van der Waals surface area contributed by atoms with Gasteiger partial charge in [0.2, 0.25) is 23.6 Å². The summed E-state index contributed by atoms with van der Waals surface area (Å²) >= 11 is 0. The average Bonchev–Trinajstić information content (AvgIpc) is 3.42. The van der Waals surface area contributed by atoms with Crippen LogP contribution in [0, 0.1) is 0 Å². The summed E-state index contributed by atoms with van der Waals surface area (Å²) in [6.45, 7) is 0.941. The molecule has 2 bridgehead atoms. The Balaban J connectivity index is 1.63. The van der Waals surface area contributed by atoms with Crippen molar-refractivity contribution in [2.75, 3.05) is 33.5 Å². The maximum Gasteiger partial charge on any atom is 0.246 e. The van der Waals surface area contributed by atoms with Crippen molar-refractivity contribution in [3.63, 3.8) is 0 Å². The van der Waals surface area contributed by atoms with E-state index >= 15 is 0 Å². The summed E-state index contributed by atoms with van der Waals surface area (Å²) in [7, 11) is 1.36. The molecule has 0 saturated heterocycles. The van der Waals surface area contributed by atoms with E-state index in [9.17, 15) is 24.3 Å². The maximum absolute atomic E-state index is 13.3. The number of fused-ring (bicyclic) bond motifs is 14. The summed E-state index contributed by atoms with van der Waals surface area (Å²) < 4.78 is 12.0. The zero-order chi connectivity index (χ0) is 30.8. The Bertz CT molecular complexity index is 1410. The smallest absolute Gasteiger partial charge is 0.246 e. The number of ether oxygens (including phenoxy) is 2. The van der Waals surface area contributed by atoms with Gasteiger partial charge in [-0.05, 0) is 24.6 Å². The Morgan fingerprint density at radius 3 is 2.53 bits per heavy atom. The molecule has 228 valence electrons. The number of methoxy groups -OCH3 is 1. The number of aliphatic hydroxyl groups is 1. The molecule has 14 heteroatoms. The minimum absolute atomic E-state index is 0.0964. The first-order valence-corrected chi connectivity index (χ1v) is 13.8. The van der Waals surface area contributed by atoms with Crippen LogP contribution < -0.4 is 26.0 Å². The predicted octanol–water partition coefficient (Wildman–Crippen LogP) is -0.518. The molecule has 5 rings (SSSR count). The quantitative estimate of drug-likeness (QED) is 0.260. The largest absolute Gasteiger partial charge is 0.492 e. The molecular weight excluding hydrogens is 558 g/mol. The first-order chi connectivity index (χ1) is 20.8. The first-order valence-electron chi connectivity index (χ1n) is 13.8. The van der Waals surface area contributed by atoms with Gasteiger partial charge in [-0.15, -0.1) is 0 Å². The number of aromatic nitrogens is 3. The van der Waals surface area contributed by atoms with Gasteiger partial charge in [-0.2, -0.15) is 5.10 Å². The van der Waals surface area contributed by atoms with E-state index in [1.165, 1.54) is 11.8 Å². The lowest BCUT2D eigenvalue weighted by Crippen LogP contribution is -2.56. The highest BCUT2D eigenvalue weighted by molar-refractivity contribution is 5.92. The first kappa shape index (κ1) is 31.1. The van der Waals surface area contributed by atoms with Crippen molar-refractivity contribution >= 4 is 23.6 Å². The lowest BCUT2D eigenvalue weighted by molar-refractivity contribution is -0.133. The SMILES string of the molecule is COCC(=O)N[C@H]1Cc2ccc(cc2)OCCNC(=O)Cn2nc(-c3ccccc3)nc2[C@H](C)NC(=O)[C@H](CO)NC1=O. The summed E-state index contributed by atoms with van der Waals surface area (Å²) in [4.78, 5) is 56.1. The lowest BCUT2D eigenvalue weighted by Gasteiger charge is -2.23. The molecule has 0 unspecified atom stereocenters. The van der Waals surface area contributed by atoms with Gasteiger partial charge in [0.1, 0.15) is 43.4 Å². The Kier molecular flexibility index (Phi) is 10.8. The highest BCUT2D eigenvalue weighted by Crippen LogP contribution is 2.19. The monoisotopic (exact) mass is 593 g/mol. The molecule has 1 aromatic heterocycles. The highest BCUT2D eigenvalue weighted by Gasteiger charge is 2.29. The third kappa shape index (κ3) is 8.59. The third-order valence-corrected chi connectivity index (χ3v) is 6.57. The predicted molar refractivity (Wildman–Crippen MR) is 153 cm³/mol. The average molecular weight is 594 g/mol. The van der Waals surface area contributed by atoms with Gasteiger partial charge in [-0.1, -0.05) is 42.5 Å². The number of nitrogens with zero attached hydrogens (tertiary/aromatic N) is 3. The molecule has 0 saturated carbocycles. The molecular formula is C29H35N7O7. The molecule has 5 N–H and O–H groups in total. The van der Waals surface area contributed by atoms with Crippen LogP contribution in [0.4, 0.5) is 0 Å². The molecule has 2 aliphatic heterocycles.